The van der Waals surface area contributed by atoms with Crippen LogP contribution in [0, 0.1) is 0 Å². The van der Waals surface area contributed by atoms with E-state index in [0.717, 1.165) is 5.56 Å². The van der Waals surface area contributed by atoms with E-state index in [4.69, 9.17) is 20.9 Å². The molecule has 4 rings (SSSR count). The maximum absolute atomic E-state index is 12.6. The number of para-hydroxylation sites is 2. The summed E-state index contributed by atoms with van der Waals surface area (Å²) in [5, 5.41) is 7.55. The van der Waals surface area contributed by atoms with E-state index in [0.29, 0.717) is 40.5 Å². The van der Waals surface area contributed by atoms with Gasteiger partial charge in [-0.1, -0.05) is 28.9 Å². The Morgan fingerprint density at radius 2 is 1.93 bits per heavy atom. The molecular weight excluding hydrogens is 404 g/mol. The Bertz CT molecular complexity index is 1150. The smallest absolute Gasteiger partial charge is 0.274 e. The number of carbonyl (C=O) groups excluding carboxylic acids is 1. The molecule has 0 atom stereocenters. The molecule has 0 aliphatic rings. The predicted molar refractivity (Wildman–Crippen MR) is 114 cm³/mol. The fourth-order valence-corrected chi connectivity index (χ4v) is 3.11. The lowest BCUT2D eigenvalue weighted by atomic mass is 10.2. The molecule has 0 saturated carbocycles. The number of carbonyl (C=O) groups is 1. The van der Waals surface area contributed by atoms with E-state index >= 15 is 0 Å². The zero-order valence-corrected chi connectivity index (χ0v) is 17.0. The summed E-state index contributed by atoms with van der Waals surface area (Å²) in [5.74, 6) is 1.21. The highest BCUT2D eigenvalue weighted by atomic mass is 35.5. The number of amides is 1. The van der Waals surface area contributed by atoms with Gasteiger partial charge in [0.25, 0.3) is 5.89 Å². The van der Waals surface area contributed by atoms with Crippen LogP contribution in [-0.2, 0) is 11.3 Å². The summed E-state index contributed by atoms with van der Waals surface area (Å²) in [7, 11) is 0. The molecule has 2 aromatic carbocycles. The van der Waals surface area contributed by atoms with E-state index in [2.05, 4.69) is 15.5 Å². The van der Waals surface area contributed by atoms with Crippen molar-refractivity contribution < 1.29 is 14.1 Å². The van der Waals surface area contributed by atoms with E-state index in [1.165, 1.54) is 0 Å². The highest BCUT2D eigenvalue weighted by Crippen LogP contribution is 2.25. The molecule has 7 nitrogen and oxygen atoms in total. The van der Waals surface area contributed by atoms with Gasteiger partial charge in [0.1, 0.15) is 18.0 Å². The van der Waals surface area contributed by atoms with E-state index in [1.54, 1.807) is 29.0 Å². The molecule has 0 bridgehead atoms. The molecule has 0 aliphatic carbocycles. The lowest BCUT2D eigenvalue weighted by molar-refractivity contribution is -0.116. The van der Waals surface area contributed by atoms with Gasteiger partial charge in [-0.25, -0.2) is 0 Å². The summed E-state index contributed by atoms with van der Waals surface area (Å²) >= 11 is 5.93. The van der Waals surface area contributed by atoms with Crippen LogP contribution in [0.5, 0.6) is 5.75 Å². The van der Waals surface area contributed by atoms with Crippen LogP contribution in [0.2, 0.25) is 5.02 Å². The minimum atomic E-state index is -0.197. The molecule has 152 valence electrons. The number of hydrogen-bond donors (Lipinski definition) is 1. The number of halogens is 1. The van der Waals surface area contributed by atoms with Crippen LogP contribution < -0.4 is 10.1 Å². The van der Waals surface area contributed by atoms with E-state index < -0.39 is 0 Å². The van der Waals surface area contributed by atoms with Gasteiger partial charge in [0.2, 0.25) is 11.7 Å². The van der Waals surface area contributed by atoms with E-state index in [-0.39, 0.29) is 12.5 Å². The first-order valence-electron chi connectivity index (χ1n) is 9.41. The third kappa shape index (κ3) is 4.36. The Morgan fingerprint density at radius 1 is 1.13 bits per heavy atom. The minimum absolute atomic E-state index is 0.0848. The molecule has 1 amide bonds. The summed E-state index contributed by atoms with van der Waals surface area (Å²) in [4.78, 5) is 17.1. The normalized spacial score (nSPS) is 10.7. The van der Waals surface area contributed by atoms with Crippen molar-refractivity contribution in [2.24, 2.45) is 0 Å². The van der Waals surface area contributed by atoms with Gasteiger partial charge in [0, 0.05) is 16.8 Å². The number of aromatic nitrogens is 3. The fraction of sp³-hybridized carbons (Fsp3) is 0.136. The molecule has 0 saturated heterocycles. The second kappa shape index (κ2) is 8.84. The van der Waals surface area contributed by atoms with Crippen LogP contribution in [0.1, 0.15) is 6.92 Å². The second-order valence-corrected chi connectivity index (χ2v) is 6.87. The van der Waals surface area contributed by atoms with Gasteiger partial charge in [0.15, 0.2) is 0 Å². The number of hydrogen-bond acceptors (Lipinski definition) is 5. The number of ether oxygens (including phenoxy) is 1. The maximum atomic E-state index is 12.6. The Kier molecular flexibility index (Phi) is 5.81. The molecule has 1 N–H and O–H groups in total. The molecule has 0 spiro atoms. The van der Waals surface area contributed by atoms with Gasteiger partial charge in [-0.3, -0.25) is 4.79 Å². The first kappa shape index (κ1) is 19.7. The second-order valence-electron chi connectivity index (χ2n) is 6.43. The zero-order valence-electron chi connectivity index (χ0n) is 16.2. The summed E-state index contributed by atoms with van der Waals surface area (Å²) in [6.45, 7) is 2.50. The summed E-state index contributed by atoms with van der Waals surface area (Å²) < 4.78 is 12.7. The third-order valence-corrected chi connectivity index (χ3v) is 4.60. The van der Waals surface area contributed by atoms with Crippen LogP contribution in [0.15, 0.2) is 71.4 Å². The van der Waals surface area contributed by atoms with Gasteiger partial charge in [-0.15, -0.1) is 0 Å². The molecule has 30 heavy (non-hydrogen) atoms. The Morgan fingerprint density at radius 3 is 2.73 bits per heavy atom. The monoisotopic (exact) mass is 422 g/mol. The van der Waals surface area contributed by atoms with Crippen molar-refractivity contribution in [1.29, 1.82) is 0 Å². The largest absolute Gasteiger partial charge is 0.492 e. The highest BCUT2D eigenvalue weighted by molar-refractivity contribution is 6.30. The van der Waals surface area contributed by atoms with Crippen molar-refractivity contribution in [2.75, 3.05) is 11.9 Å². The molecule has 8 heteroatoms. The van der Waals surface area contributed by atoms with Crippen LogP contribution in [0.4, 0.5) is 5.69 Å². The van der Waals surface area contributed by atoms with E-state index in [1.807, 2.05) is 49.4 Å². The van der Waals surface area contributed by atoms with Crippen molar-refractivity contribution in [2.45, 2.75) is 13.5 Å². The molecule has 4 aromatic rings. The zero-order chi connectivity index (χ0) is 20.9. The summed E-state index contributed by atoms with van der Waals surface area (Å²) in [6, 6.07) is 18.1. The van der Waals surface area contributed by atoms with Crippen molar-refractivity contribution in [3.8, 4) is 28.7 Å². The topological polar surface area (TPSA) is 82.2 Å². The van der Waals surface area contributed by atoms with E-state index in [9.17, 15) is 4.79 Å². The van der Waals surface area contributed by atoms with Crippen molar-refractivity contribution in [1.82, 2.24) is 14.7 Å². The van der Waals surface area contributed by atoms with Crippen molar-refractivity contribution in [3.05, 3.63) is 71.9 Å². The van der Waals surface area contributed by atoms with Gasteiger partial charge in [-0.2, -0.15) is 4.98 Å². The van der Waals surface area contributed by atoms with Crippen molar-refractivity contribution >= 4 is 23.2 Å². The maximum Gasteiger partial charge on any atom is 0.274 e. The lowest BCUT2D eigenvalue weighted by Crippen LogP contribution is -2.19. The van der Waals surface area contributed by atoms with Gasteiger partial charge in [-0.05, 0) is 55.5 Å². The van der Waals surface area contributed by atoms with Crippen molar-refractivity contribution in [3.63, 3.8) is 0 Å². The van der Waals surface area contributed by atoms with Crippen LogP contribution in [0.3, 0.4) is 0 Å². The summed E-state index contributed by atoms with van der Waals surface area (Å²) in [5.41, 5.74) is 2.06. The SMILES string of the molecule is CCOc1ccccc1NC(=O)Cn1cccc1-c1nc(-c2ccc(Cl)cc2)no1. The molecule has 0 fully saturated rings. The quantitative estimate of drug-likeness (QED) is 0.458. The number of anilines is 1. The minimum Gasteiger partial charge on any atom is -0.492 e. The average molecular weight is 423 g/mol. The Hall–Kier alpha value is -3.58. The van der Waals surface area contributed by atoms with Gasteiger partial charge in [0.05, 0.1) is 12.3 Å². The van der Waals surface area contributed by atoms with Gasteiger partial charge >= 0.3 is 0 Å². The molecule has 0 unspecified atom stereocenters. The number of nitrogens with zero attached hydrogens (tertiary/aromatic N) is 3. The lowest BCUT2D eigenvalue weighted by Gasteiger charge is -2.12. The Labute approximate surface area is 178 Å². The number of benzene rings is 2. The first-order valence-corrected chi connectivity index (χ1v) is 9.78. The van der Waals surface area contributed by atoms with Crippen LogP contribution in [0.25, 0.3) is 23.0 Å². The summed E-state index contributed by atoms with van der Waals surface area (Å²) in [6.07, 6.45) is 1.79. The first-order chi connectivity index (χ1) is 14.6. The average Bonchev–Trinajstić information content (AvgIpc) is 3.39. The molecule has 2 heterocycles. The van der Waals surface area contributed by atoms with Crippen LogP contribution in [-0.4, -0.2) is 27.2 Å². The van der Waals surface area contributed by atoms with Crippen LogP contribution >= 0.6 is 11.6 Å². The Balaban J connectivity index is 1.50. The third-order valence-electron chi connectivity index (χ3n) is 4.35. The molecule has 0 radical (unpaired) electrons. The highest BCUT2D eigenvalue weighted by Gasteiger charge is 2.16. The molecular formula is C22H19ClN4O3. The molecule has 0 aliphatic heterocycles. The van der Waals surface area contributed by atoms with Gasteiger partial charge < -0.3 is 19.1 Å². The molecule has 2 aromatic heterocycles. The fourth-order valence-electron chi connectivity index (χ4n) is 2.99. The standard InChI is InChI=1S/C22H19ClN4O3/c1-2-29-19-8-4-3-6-17(19)24-20(28)14-27-13-5-7-18(27)22-25-21(26-30-22)15-9-11-16(23)12-10-15/h3-13H,2,14H2,1H3,(H,24,28). The number of rotatable bonds is 7. The predicted octanol–water partition coefficient (Wildman–Crippen LogP) is 4.90. The number of nitrogens with one attached hydrogen (secondary N) is 1.